The predicted octanol–water partition coefficient (Wildman–Crippen LogP) is 2.30. The summed E-state index contributed by atoms with van der Waals surface area (Å²) in [7, 11) is 1.47. The van der Waals surface area contributed by atoms with Gasteiger partial charge >= 0.3 is 5.69 Å². The van der Waals surface area contributed by atoms with Gasteiger partial charge in [-0.05, 0) is 43.7 Å². The van der Waals surface area contributed by atoms with Crippen molar-refractivity contribution in [1.82, 2.24) is 9.55 Å². The van der Waals surface area contributed by atoms with Crippen LogP contribution in [-0.4, -0.2) is 34.8 Å². The van der Waals surface area contributed by atoms with Gasteiger partial charge in [-0.3, -0.25) is 24.0 Å². The second-order valence-corrected chi connectivity index (χ2v) is 8.08. The Labute approximate surface area is 195 Å². The molecular formula is C24H27FN4O5. The van der Waals surface area contributed by atoms with Crippen LogP contribution in [0.1, 0.15) is 19.4 Å². The van der Waals surface area contributed by atoms with E-state index in [1.54, 1.807) is 24.3 Å². The predicted molar refractivity (Wildman–Crippen MR) is 126 cm³/mol. The molecule has 1 heterocycles. The lowest BCUT2D eigenvalue weighted by Gasteiger charge is -2.33. The number of carbonyl (C=O) groups excluding carboxylic acids is 1. The lowest BCUT2D eigenvalue weighted by atomic mass is 10.1. The van der Waals surface area contributed by atoms with Crippen LogP contribution < -0.4 is 26.6 Å². The number of hydrogen-bond acceptors (Lipinski definition) is 6. The number of ether oxygens (including phenoxy) is 2. The number of rotatable bonds is 9. The number of nitrogens with one attached hydrogen (secondary N) is 1. The average Bonchev–Trinajstić information content (AvgIpc) is 2.79. The fourth-order valence-electron chi connectivity index (χ4n) is 3.43. The van der Waals surface area contributed by atoms with Gasteiger partial charge in [-0.2, -0.15) is 0 Å². The zero-order valence-corrected chi connectivity index (χ0v) is 19.2. The van der Waals surface area contributed by atoms with Gasteiger partial charge in [-0.15, -0.1) is 0 Å². The molecule has 34 heavy (non-hydrogen) atoms. The molecule has 1 amide bonds. The third-order valence-corrected chi connectivity index (χ3v) is 5.13. The fourth-order valence-corrected chi connectivity index (χ4v) is 3.43. The van der Waals surface area contributed by atoms with Crippen molar-refractivity contribution in [1.29, 1.82) is 0 Å². The van der Waals surface area contributed by atoms with E-state index in [0.29, 0.717) is 0 Å². The van der Waals surface area contributed by atoms with Gasteiger partial charge < -0.3 is 15.2 Å². The topological polar surface area (TPSA) is 120 Å². The maximum atomic E-state index is 13.8. The first kappa shape index (κ1) is 24.7. The fraction of sp³-hybridized carbons (Fsp3) is 0.292. The van der Waals surface area contributed by atoms with Crippen LogP contribution in [0.4, 0.5) is 15.9 Å². The zero-order chi connectivity index (χ0) is 24.9. The molecule has 9 nitrogen and oxygen atoms in total. The number of H-pyrrole nitrogens is 1. The minimum absolute atomic E-state index is 0.00829. The molecular weight excluding hydrogens is 443 g/mol. The Balaban J connectivity index is 2.09. The molecule has 3 N–H and O–H groups in total. The third-order valence-electron chi connectivity index (χ3n) is 5.13. The quantitative estimate of drug-likeness (QED) is 0.495. The first-order valence-corrected chi connectivity index (χ1v) is 10.6. The Morgan fingerprint density at radius 1 is 1.12 bits per heavy atom. The number of nitrogens with two attached hydrogens (primary N) is 1. The molecule has 0 aliphatic rings. The summed E-state index contributed by atoms with van der Waals surface area (Å²) in [4.78, 5) is 42.4. The lowest BCUT2D eigenvalue weighted by molar-refractivity contribution is -0.131. The van der Waals surface area contributed by atoms with Crippen LogP contribution in [0, 0.1) is 5.82 Å². The van der Waals surface area contributed by atoms with Crippen LogP contribution in [0.15, 0.2) is 64.2 Å². The first-order chi connectivity index (χ1) is 16.1. The number of aromatic amines is 1. The standard InChI is InChI=1S/C24H27FN4O5/c1-24(2,34-18-11-9-17(25)10-12-18)22(31)29(15-16-7-5-4-6-8-16)19-20(26)28(13-14-33-3)23(32)27-21(19)30/h4-12H,13-15,26H2,1-3H3,(H,27,30,32). The summed E-state index contributed by atoms with van der Waals surface area (Å²) in [5.41, 5.74) is 3.79. The third kappa shape index (κ3) is 5.52. The average molecular weight is 471 g/mol. The summed E-state index contributed by atoms with van der Waals surface area (Å²) in [6, 6.07) is 14.2. The highest BCUT2D eigenvalue weighted by Crippen LogP contribution is 2.26. The molecule has 3 aromatic rings. The molecule has 0 atom stereocenters. The van der Waals surface area contributed by atoms with Crippen molar-refractivity contribution in [2.24, 2.45) is 0 Å². The Kier molecular flexibility index (Phi) is 7.52. The van der Waals surface area contributed by atoms with E-state index < -0.39 is 28.6 Å². The normalized spacial score (nSPS) is 11.3. The highest BCUT2D eigenvalue weighted by molar-refractivity contribution is 6.00. The SMILES string of the molecule is COCCn1c(N)c(N(Cc2ccccc2)C(=O)C(C)(C)Oc2ccc(F)cc2)c(=O)[nH]c1=O. The molecule has 0 saturated carbocycles. The van der Waals surface area contributed by atoms with Crippen molar-refractivity contribution in [3.63, 3.8) is 0 Å². The van der Waals surface area contributed by atoms with Gasteiger partial charge in [0.15, 0.2) is 11.3 Å². The Hall–Kier alpha value is -3.92. The van der Waals surface area contributed by atoms with Gasteiger partial charge in [0.1, 0.15) is 17.4 Å². The number of amides is 1. The van der Waals surface area contributed by atoms with E-state index in [-0.39, 0.29) is 37.0 Å². The first-order valence-electron chi connectivity index (χ1n) is 10.6. The number of nitrogens with zero attached hydrogens (tertiary/aromatic N) is 2. The van der Waals surface area contributed by atoms with Gasteiger partial charge in [0.05, 0.1) is 19.7 Å². The van der Waals surface area contributed by atoms with E-state index in [1.807, 2.05) is 6.07 Å². The van der Waals surface area contributed by atoms with Gasteiger partial charge in [0.25, 0.3) is 11.5 Å². The van der Waals surface area contributed by atoms with Crippen LogP contribution in [0.3, 0.4) is 0 Å². The van der Waals surface area contributed by atoms with Crippen molar-refractivity contribution in [2.75, 3.05) is 24.4 Å². The molecule has 0 aliphatic carbocycles. The highest BCUT2D eigenvalue weighted by atomic mass is 19.1. The number of halogens is 1. The second kappa shape index (κ2) is 10.3. The van der Waals surface area contributed by atoms with Crippen molar-refractivity contribution in [3.8, 4) is 5.75 Å². The number of methoxy groups -OCH3 is 1. The number of anilines is 2. The van der Waals surface area contributed by atoms with Crippen molar-refractivity contribution in [3.05, 3.63) is 86.8 Å². The van der Waals surface area contributed by atoms with Crippen molar-refractivity contribution in [2.45, 2.75) is 32.5 Å². The lowest BCUT2D eigenvalue weighted by Crippen LogP contribution is -2.51. The molecule has 10 heteroatoms. The van der Waals surface area contributed by atoms with E-state index in [0.717, 1.165) is 10.1 Å². The highest BCUT2D eigenvalue weighted by Gasteiger charge is 2.37. The van der Waals surface area contributed by atoms with Crippen LogP contribution in [-0.2, 0) is 22.6 Å². The summed E-state index contributed by atoms with van der Waals surface area (Å²) in [6.07, 6.45) is 0. The second-order valence-electron chi connectivity index (χ2n) is 8.08. The molecule has 0 fully saturated rings. The number of carbonyl (C=O) groups is 1. The Morgan fingerprint density at radius 3 is 2.38 bits per heavy atom. The van der Waals surface area contributed by atoms with Crippen LogP contribution in [0.25, 0.3) is 0 Å². The smallest absolute Gasteiger partial charge is 0.330 e. The molecule has 0 saturated heterocycles. The minimum atomic E-state index is -1.47. The van der Waals surface area contributed by atoms with Gasteiger partial charge in [0, 0.05) is 7.11 Å². The number of aromatic nitrogens is 2. The number of nitrogen functional groups attached to an aromatic ring is 1. The molecule has 3 rings (SSSR count). The van der Waals surface area contributed by atoms with E-state index in [9.17, 15) is 18.8 Å². The summed E-state index contributed by atoms with van der Waals surface area (Å²) in [5, 5.41) is 0. The van der Waals surface area contributed by atoms with Gasteiger partial charge in [-0.25, -0.2) is 9.18 Å². The summed E-state index contributed by atoms with van der Waals surface area (Å²) in [5.74, 6) is -0.936. The molecule has 1 aromatic heterocycles. The largest absolute Gasteiger partial charge is 0.478 e. The number of benzene rings is 2. The molecule has 180 valence electrons. The molecule has 0 aliphatic heterocycles. The van der Waals surface area contributed by atoms with E-state index in [4.69, 9.17) is 15.2 Å². The molecule has 0 unspecified atom stereocenters. The Morgan fingerprint density at radius 2 is 1.76 bits per heavy atom. The molecule has 2 aromatic carbocycles. The van der Waals surface area contributed by atoms with E-state index in [2.05, 4.69) is 4.98 Å². The Bertz CT molecular complexity index is 1250. The van der Waals surface area contributed by atoms with Crippen molar-refractivity contribution >= 4 is 17.4 Å². The molecule has 0 radical (unpaired) electrons. The van der Waals surface area contributed by atoms with E-state index in [1.165, 1.54) is 50.1 Å². The summed E-state index contributed by atoms with van der Waals surface area (Å²) >= 11 is 0. The van der Waals surface area contributed by atoms with Crippen LogP contribution in [0.5, 0.6) is 5.75 Å². The van der Waals surface area contributed by atoms with Gasteiger partial charge in [0.2, 0.25) is 0 Å². The van der Waals surface area contributed by atoms with Crippen LogP contribution in [0.2, 0.25) is 0 Å². The van der Waals surface area contributed by atoms with Crippen LogP contribution >= 0.6 is 0 Å². The zero-order valence-electron chi connectivity index (χ0n) is 19.2. The molecule has 0 bridgehead atoms. The maximum Gasteiger partial charge on any atom is 0.330 e. The molecule has 0 spiro atoms. The minimum Gasteiger partial charge on any atom is -0.478 e. The van der Waals surface area contributed by atoms with Gasteiger partial charge in [-0.1, -0.05) is 30.3 Å². The maximum absolute atomic E-state index is 13.8. The number of hydrogen-bond donors (Lipinski definition) is 2. The monoisotopic (exact) mass is 470 g/mol. The van der Waals surface area contributed by atoms with Crippen molar-refractivity contribution < 1.29 is 18.7 Å². The van der Waals surface area contributed by atoms with E-state index >= 15 is 0 Å². The summed E-state index contributed by atoms with van der Waals surface area (Å²) < 4.78 is 25.3. The summed E-state index contributed by atoms with van der Waals surface area (Å²) in [6.45, 7) is 3.30.